The van der Waals surface area contributed by atoms with Gasteiger partial charge < -0.3 is 10.5 Å². The lowest BCUT2D eigenvalue weighted by molar-refractivity contribution is -0.0516. The first-order valence-corrected chi connectivity index (χ1v) is 7.07. The second kappa shape index (κ2) is 5.48. The number of nitrogens with zero attached hydrogens (tertiary/aromatic N) is 1. The van der Waals surface area contributed by atoms with Crippen LogP contribution in [-0.4, -0.2) is 37.2 Å². The largest absolute Gasteiger partial charge is 0.377 e. The molecule has 0 bridgehead atoms. The van der Waals surface area contributed by atoms with Gasteiger partial charge in [0, 0.05) is 25.1 Å². The molecule has 17 heavy (non-hydrogen) atoms. The monoisotopic (exact) mass is 254 g/mol. The first kappa shape index (κ1) is 13.0. The van der Waals surface area contributed by atoms with Crippen LogP contribution >= 0.6 is 11.3 Å². The Morgan fingerprint density at radius 1 is 1.65 bits per heavy atom. The van der Waals surface area contributed by atoms with Crippen LogP contribution in [-0.2, 0) is 4.74 Å². The number of hydrogen-bond acceptors (Lipinski definition) is 4. The first-order chi connectivity index (χ1) is 8.13. The number of rotatable bonds is 4. The molecule has 1 aromatic heterocycles. The first-order valence-electron chi connectivity index (χ1n) is 6.19. The van der Waals surface area contributed by atoms with Gasteiger partial charge in [-0.3, -0.25) is 4.90 Å². The summed E-state index contributed by atoms with van der Waals surface area (Å²) in [6.07, 6.45) is 2.34. The molecular weight excluding hydrogens is 232 g/mol. The molecule has 0 radical (unpaired) electrons. The van der Waals surface area contributed by atoms with Gasteiger partial charge in [0.25, 0.3) is 0 Å². The van der Waals surface area contributed by atoms with Gasteiger partial charge in [-0.15, -0.1) is 11.3 Å². The number of hydrogen-bond donors (Lipinski definition) is 1. The topological polar surface area (TPSA) is 38.5 Å². The summed E-state index contributed by atoms with van der Waals surface area (Å²) < 4.78 is 5.60. The Bertz CT molecular complexity index is 341. The van der Waals surface area contributed by atoms with E-state index >= 15 is 0 Å². The lowest BCUT2D eigenvalue weighted by atomic mass is 9.94. The molecule has 96 valence electrons. The van der Waals surface area contributed by atoms with E-state index in [1.807, 2.05) is 7.11 Å². The maximum Gasteiger partial charge on any atom is 0.0777 e. The fourth-order valence-electron chi connectivity index (χ4n) is 2.50. The minimum atomic E-state index is 0.00736. The smallest absolute Gasteiger partial charge is 0.0777 e. The second-order valence-electron chi connectivity index (χ2n) is 5.11. The normalized spacial score (nSPS) is 28.2. The predicted molar refractivity (Wildman–Crippen MR) is 72.3 cm³/mol. The summed E-state index contributed by atoms with van der Waals surface area (Å²) in [5, 5.41) is 2.09. The molecule has 0 saturated carbocycles. The van der Waals surface area contributed by atoms with Crippen molar-refractivity contribution in [3.63, 3.8) is 0 Å². The number of ether oxygens (including phenoxy) is 1. The van der Waals surface area contributed by atoms with Crippen LogP contribution < -0.4 is 5.73 Å². The van der Waals surface area contributed by atoms with Crippen molar-refractivity contribution in [1.29, 1.82) is 0 Å². The molecule has 1 aliphatic rings. The van der Waals surface area contributed by atoms with E-state index in [-0.39, 0.29) is 11.6 Å². The van der Waals surface area contributed by atoms with E-state index in [9.17, 15) is 0 Å². The molecule has 0 aliphatic carbocycles. The molecule has 4 heteroatoms. The van der Waals surface area contributed by atoms with Crippen LogP contribution in [0.1, 0.15) is 30.7 Å². The zero-order valence-corrected chi connectivity index (χ0v) is 11.5. The fourth-order valence-corrected chi connectivity index (χ4v) is 3.22. The molecule has 1 fully saturated rings. The molecule has 1 saturated heterocycles. The van der Waals surface area contributed by atoms with Crippen LogP contribution in [0.3, 0.4) is 0 Å². The average molecular weight is 254 g/mol. The van der Waals surface area contributed by atoms with Crippen molar-refractivity contribution in [3.8, 4) is 0 Å². The second-order valence-corrected chi connectivity index (χ2v) is 6.09. The number of nitrogens with two attached hydrogens (primary N) is 1. The van der Waals surface area contributed by atoms with E-state index in [1.54, 1.807) is 11.3 Å². The van der Waals surface area contributed by atoms with E-state index in [0.717, 1.165) is 26.1 Å². The molecule has 0 spiro atoms. The van der Waals surface area contributed by atoms with Gasteiger partial charge in [-0.2, -0.15) is 0 Å². The Hall–Kier alpha value is -0.420. The van der Waals surface area contributed by atoms with Crippen molar-refractivity contribution in [2.24, 2.45) is 5.73 Å². The Kier molecular flexibility index (Phi) is 4.20. The number of thiophene rings is 1. The average Bonchev–Trinajstić information content (AvgIpc) is 2.82. The highest BCUT2D eigenvalue weighted by Gasteiger charge is 2.31. The fraction of sp³-hybridized carbons (Fsp3) is 0.692. The summed E-state index contributed by atoms with van der Waals surface area (Å²) in [5.74, 6) is 0. The van der Waals surface area contributed by atoms with Crippen LogP contribution in [0.2, 0.25) is 0 Å². The van der Waals surface area contributed by atoms with Gasteiger partial charge in [-0.1, -0.05) is 6.07 Å². The molecular formula is C13H22N2OS. The third-order valence-electron chi connectivity index (χ3n) is 3.59. The molecule has 2 N–H and O–H groups in total. The van der Waals surface area contributed by atoms with Crippen molar-refractivity contribution in [2.45, 2.75) is 31.4 Å². The maximum atomic E-state index is 6.23. The van der Waals surface area contributed by atoms with Gasteiger partial charge in [-0.05, 0) is 37.8 Å². The molecule has 2 unspecified atom stereocenters. The van der Waals surface area contributed by atoms with E-state index in [2.05, 4.69) is 29.3 Å². The van der Waals surface area contributed by atoms with E-state index in [4.69, 9.17) is 10.5 Å². The highest BCUT2D eigenvalue weighted by atomic mass is 32.1. The van der Waals surface area contributed by atoms with Crippen LogP contribution in [0.15, 0.2) is 17.5 Å². The van der Waals surface area contributed by atoms with Crippen molar-refractivity contribution >= 4 is 11.3 Å². The van der Waals surface area contributed by atoms with Gasteiger partial charge in [0.1, 0.15) is 0 Å². The molecule has 2 rings (SSSR count). The Morgan fingerprint density at radius 2 is 2.47 bits per heavy atom. The van der Waals surface area contributed by atoms with E-state index in [1.165, 1.54) is 11.3 Å². The summed E-state index contributed by atoms with van der Waals surface area (Å²) in [6, 6.07) is 4.32. The minimum Gasteiger partial charge on any atom is -0.377 e. The molecule has 1 aromatic rings. The standard InChI is InChI=1S/C13H22N2OS/c1-13(16-2)6-4-7-15(10-13)9-11(14)12-5-3-8-17-12/h3,5,8,11H,4,6-7,9-10,14H2,1-2H3. The molecule has 2 heterocycles. The van der Waals surface area contributed by atoms with Gasteiger partial charge in [0.05, 0.1) is 11.6 Å². The van der Waals surface area contributed by atoms with Crippen LogP contribution in [0.25, 0.3) is 0 Å². The van der Waals surface area contributed by atoms with Crippen LogP contribution in [0.5, 0.6) is 0 Å². The van der Waals surface area contributed by atoms with Crippen molar-refractivity contribution < 1.29 is 4.74 Å². The molecule has 2 atom stereocenters. The SMILES string of the molecule is COC1(C)CCCN(CC(N)c2cccs2)C1. The minimum absolute atomic E-state index is 0.00736. The molecule has 3 nitrogen and oxygen atoms in total. The van der Waals surface area contributed by atoms with Gasteiger partial charge >= 0.3 is 0 Å². The summed E-state index contributed by atoms with van der Waals surface area (Å²) in [7, 11) is 1.81. The lowest BCUT2D eigenvalue weighted by Crippen LogP contribution is -2.49. The molecule has 1 aliphatic heterocycles. The Morgan fingerprint density at radius 3 is 3.12 bits per heavy atom. The van der Waals surface area contributed by atoms with E-state index < -0.39 is 0 Å². The van der Waals surface area contributed by atoms with Crippen LogP contribution in [0, 0.1) is 0 Å². The van der Waals surface area contributed by atoms with Crippen molar-refractivity contribution in [2.75, 3.05) is 26.7 Å². The number of methoxy groups -OCH3 is 1. The maximum absolute atomic E-state index is 6.23. The highest BCUT2D eigenvalue weighted by molar-refractivity contribution is 7.10. The molecule has 0 aromatic carbocycles. The third-order valence-corrected chi connectivity index (χ3v) is 4.60. The summed E-state index contributed by atoms with van der Waals surface area (Å²) >= 11 is 1.74. The Labute approximate surface area is 108 Å². The van der Waals surface area contributed by atoms with Gasteiger partial charge in [-0.25, -0.2) is 0 Å². The third kappa shape index (κ3) is 3.28. The quantitative estimate of drug-likeness (QED) is 0.895. The predicted octanol–water partition coefficient (Wildman–Crippen LogP) is 2.25. The summed E-state index contributed by atoms with van der Waals surface area (Å²) in [4.78, 5) is 3.70. The van der Waals surface area contributed by atoms with Gasteiger partial charge in [0.2, 0.25) is 0 Å². The van der Waals surface area contributed by atoms with Gasteiger partial charge in [0.15, 0.2) is 0 Å². The number of likely N-dealkylation sites (tertiary alicyclic amines) is 1. The van der Waals surface area contributed by atoms with Crippen LogP contribution in [0.4, 0.5) is 0 Å². The van der Waals surface area contributed by atoms with E-state index in [0.29, 0.717) is 0 Å². The zero-order valence-electron chi connectivity index (χ0n) is 10.7. The molecule has 0 amide bonds. The summed E-state index contributed by atoms with van der Waals surface area (Å²) in [6.45, 7) is 5.25. The number of piperidine rings is 1. The zero-order chi connectivity index (χ0) is 12.3. The Balaban J connectivity index is 1.91. The van der Waals surface area contributed by atoms with Crippen molar-refractivity contribution in [3.05, 3.63) is 22.4 Å². The summed E-state index contributed by atoms with van der Waals surface area (Å²) in [5.41, 5.74) is 6.24. The highest BCUT2D eigenvalue weighted by Crippen LogP contribution is 2.26. The van der Waals surface area contributed by atoms with Crippen molar-refractivity contribution in [1.82, 2.24) is 4.90 Å². The lowest BCUT2D eigenvalue weighted by Gasteiger charge is -2.40.